The molecule has 1 aromatic heterocycles. The van der Waals surface area contributed by atoms with Gasteiger partial charge in [0.2, 0.25) is 0 Å². The molecule has 2 bridgehead atoms. The Hall–Kier alpha value is -2.31. The molecule has 11 rings (SSSR count). The predicted octanol–water partition coefficient (Wildman–Crippen LogP) is 3.72. The standard InChI is InChI=1S/C24H13B5FIN2OP/c30-31-32-35(27-25-28(35)29(27)35)14-11-12-21-18(13-14)26-17-7-3-6-16-15-5-1-2-8-19(15)33(24(16)17)20-9-4-10-22(34-21)23(20)26/h1-13H/q-1. The van der Waals surface area contributed by atoms with Gasteiger partial charge in [0.25, 0.3) is 0 Å². The Kier molecular flexibility index (Phi) is 3.05. The van der Waals surface area contributed by atoms with Crippen LogP contribution in [0.25, 0.3) is 27.5 Å². The van der Waals surface area contributed by atoms with E-state index in [-0.39, 0.29) is 6.71 Å². The van der Waals surface area contributed by atoms with Gasteiger partial charge in [-0.25, -0.2) is 0 Å². The van der Waals surface area contributed by atoms with E-state index >= 15 is 0 Å². The first-order chi connectivity index (χ1) is 17.3. The zero-order chi connectivity index (χ0) is 22.7. The molecule has 0 unspecified atom stereocenters. The van der Waals surface area contributed by atoms with Crippen LogP contribution in [0.3, 0.4) is 0 Å². The van der Waals surface area contributed by atoms with Gasteiger partial charge in [0.15, 0.2) is 0 Å². The molecule has 0 saturated carbocycles. The monoisotopic (exact) mass is 577 g/mol. The van der Waals surface area contributed by atoms with E-state index in [1.165, 1.54) is 49.2 Å². The van der Waals surface area contributed by atoms with Crippen LogP contribution in [0.1, 0.15) is 0 Å². The number of hydrogen-bond donors (Lipinski definition) is 0. The Balaban J connectivity index is 1.32. The van der Waals surface area contributed by atoms with E-state index in [1.54, 1.807) is 0 Å². The van der Waals surface area contributed by atoms with E-state index in [4.69, 9.17) is 7.65 Å². The van der Waals surface area contributed by atoms with Crippen LogP contribution in [-0.2, 0) is 0 Å². The van der Waals surface area contributed by atoms with Crippen molar-refractivity contribution in [2.45, 2.75) is 0 Å². The average Bonchev–Trinajstić information content (AvgIpc) is 3.47. The third-order valence-corrected chi connectivity index (χ3v) is 19.6. The first kappa shape index (κ1) is 18.9. The van der Waals surface area contributed by atoms with Crippen LogP contribution in [0.2, 0.25) is 0 Å². The number of ether oxygens (including phenoxy) is 1. The van der Waals surface area contributed by atoms with Crippen molar-refractivity contribution in [2.75, 3.05) is 0 Å². The van der Waals surface area contributed by atoms with Crippen LogP contribution in [0.4, 0.5) is 2.86 Å². The Morgan fingerprint density at radius 2 is 1.71 bits per heavy atom. The molecule has 0 aliphatic carbocycles. The van der Waals surface area contributed by atoms with Crippen molar-refractivity contribution in [1.82, 2.24) is 4.57 Å². The van der Waals surface area contributed by atoms with Crippen molar-refractivity contribution in [1.29, 1.82) is 0 Å². The van der Waals surface area contributed by atoms with E-state index in [1.807, 2.05) is 0 Å². The van der Waals surface area contributed by atoms with Crippen LogP contribution in [0.15, 0.2) is 81.8 Å². The summed E-state index contributed by atoms with van der Waals surface area (Å²) in [6.07, 6.45) is -0.514. The second kappa shape index (κ2) is 5.65. The van der Waals surface area contributed by atoms with Gasteiger partial charge in [-0.1, -0.05) is 0 Å². The molecule has 5 aromatic rings. The summed E-state index contributed by atoms with van der Waals surface area (Å²) in [5, 5.41) is 3.90. The first-order valence-corrected chi connectivity index (χ1v) is 16.3. The van der Waals surface area contributed by atoms with Crippen molar-refractivity contribution in [3.8, 4) is 17.2 Å². The number of benzene rings is 4. The van der Waals surface area contributed by atoms with Crippen LogP contribution < -0.4 is 26.4 Å². The van der Waals surface area contributed by atoms with Crippen LogP contribution >= 0.6 is 28.0 Å². The summed E-state index contributed by atoms with van der Waals surface area (Å²) in [5.41, 5.74) is 7.49. The molecular weight excluding hydrogens is 563 g/mol. The summed E-state index contributed by atoms with van der Waals surface area (Å²) in [6, 6.07) is 28.6. The molecule has 0 atom stereocenters. The first-order valence-electron chi connectivity index (χ1n) is 12.1. The van der Waals surface area contributed by atoms with Crippen molar-refractivity contribution in [3.63, 3.8) is 0 Å². The summed E-state index contributed by atoms with van der Waals surface area (Å²) in [6.45, 7) is 0.0998. The number of para-hydroxylation sites is 2. The predicted molar refractivity (Wildman–Crippen MR) is 159 cm³/mol. The van der Waals surface area contributed by atoms with E-state index in [0.717, 1.165) is 11.5 Å². The van der Waals surface area contributed by atoms with E-state index in [2.05, 4.69) is 90.5 Å². The second-order valence-corrected chi connectivity index (χ2v) is 17.3. The molecule has 4 aromatic carbocycles. The molecular formula is C24H13B5FIN2OP-. The van der Waals surface area contributed by atoms with Gasteiger partial charge >= 0.3 is 215 Å². The molecule has 0 spiro atoms. The van der Waals surface area contributed by atoms with Gasteiger partial charge < -0.3 is 0 Å². The van der Waals surface area contributed by atoms with Gasteiger partial charge in [0, 0.05) is 0 Å². The Bertz CT molecular complexity index is 1890. The molecule has 2 radical (unpaired) electrons. The van der Waals surface area contributed by atoms with Gasteiger partial charge in [-0.2, -0.15) is 0 Å². The van der Waals surface area contributed by atoms with Crippen LogP contribution in [0.5, 0.6) is 11.5 Å². The minimum atomic E-state index is -2.33. The molecule has 0 N–H and O–H groups in total. The van der Waals surface area contributed by atoms with Gasteiger partial charge in [-0.05, 0) is 0 Å². The van der Waals surface area contributed by atoms with Crippen LogP contribution in [-0.4, -0.2) is 37.0 Å². The molecule has 6 aliphatic rings. The van der Waals surface area contributed by atoms with Crippen molar-refractivity contribution in [3.05, 3.63) is 78.9 Å². The number of hydrogen-bond acceptors (Lipinski definition) is 2. The quantitative estimate of drug-likeness (QED) is 0.175. The average molecular weight is 576 g/mol. The molecule has 11 heteroatoms. The third-order valence-electron chi connectivity index (χ3n) is 9.69. The fourth-order valence-electron chi connectivity index (χ4n) is 8.03. The Morgan fingerprint density at radius 1 is 0.886 bits per heavy atom. The third kappa shape index (κ3) is 1.74. The van der Waals surface area contributed by atoms with E-state index < -0.39 is 28.0 Å². The number of fused-ring (bicyclic) bond motifs is 7. The van der Waals surface area contributed by atoms with Gasteiger partial charge in [-0.3, -0.25) is 0 Å². The summed E-state index contributed by atoms with van der Waals surface area (Å²) in [7, 11) is 2.43. The van der Waals surface area contributed by atoms with Crippen molar-refractivity contribution < 1.29 is 7.60 Å². The fourth-order valence-corrected chi connectivity index (χ4v) is 19.6. The fraction of sp³-hybridized carbons (Fsp3) is 0. The molecule has 4 fully saturated rings. The molecule has 35 heavy (non-hydrogen) atoms. The maximum absolute atomic E-state index is 13.8. The maximum atomic E-state index is 13.8. The molecule has 160 valence electrons. The SMILES string of the molecule is FI=NP12(c3ccc4c(c3)B3c5c(cccc5-n5c6ccccc6c6cccc3c65)O4)B3[B-]B1B32. The number of rotatable bonds is 2. The van der Waals surface area contributed by atoms with E-state index in [9.17, 15) is 2.86 Å². The molecule has 3 nitrogen and oxygen atoms in total. The zero-order valence-electron chi connectivity index (χ0n) is 18.4. The summed E-state index contributed by atoms with van der Waals surface area (Å²) in [5.74, 6) is 1.86. The molecule has 4 saturated heterocycles. The Morgan fingerprint density at radius 3 is 2.54 bits per heavy atom. The summed E-state index contributed by atoms with van der Waals surface area (Å²) < 4.78 is 27.6. The van der Waals surface area contributed by atoms with Gasteiger partial charge in [-0.15, -0.1) is 0 Å². The molecule has 6 aliphatic heterocycles. The van der Waals surface area contributed by atoms with Crippen molar-refractivity contribution in [2.24, 2.45) is 2.92 Å². The topological polar surface area (TPSA) is 26.5 Å². The van der Waals surface area contributed by atoms with E-state index in [0.29, 0.717) is 18.6 Å². The Labute approximate surface area is 214 Å². The summed E-state index contributed by atoms with van der Waals surface area (Å²) >= 11 is -1.56. The number of halogens is 2. The van der Waals surface area contributed by atoms with Crippen molar-refractivity contribution >= 4 is 104 Å². The summed E-state index contributed by atoms with van der Waals surface area (Å²) in [4.78, 5) is 0. The second-order valence-electron chi connectivity index (χ2n) is 10.6. The van der Waals surface area contributed by atoms with Gasteiger partial charge in [0.05, 0.1) is 0 Å². The van der Waals surface area contributed by atoms with Crippen LogP contribution in [0, 0.1) is 0 Å². The normalized spacial score (nSPS) is 21.3. The zero-order valence-corrected chi connectivity index (χ0v) is 21.5. The number of aromatic nitrogens is 1. The number of nitrogens with zero attached hydrogens (tertiary/aromatic N) is 2. The molecule has 7 heterocycles. The minimum absolute atomic E-state index is 0.0998. The molecule has 0 amide bonds. The van der Waals surface area contributed by atoms with Gasteiger partial charge in [0.1, 0.15) is 0 Å².